The number of hydrogen-bond acceptors (Lipinski definition) is 1. The first kappa shape index (κ1) is 9.89. The predicted octanol–water partition coefficient (Wildman–Crippen LogP) is 2.74. The zero-order valence-electron chi connectivity index (χ0n) is 6.98. The monoisotopic (exact) mass is 189 g/mol. The molecule has 0 N–H and O–H groups in total. The van der Waals surface area contributed by atoms with Crippen molar-refractivity contribution in [2.45, 2.75) is 13.1 Å². The van der Waals surface area contributed by atoms with E-state index in [2.05, 4.69) is 10.8 Å². The molecule has 0 amide bonds. The normalized spacial score (nSPS) is 11.4. The fourth-order valence-electron chi connectivity index (χ4n) is 0.821. The van der Waals surface area contributed by atoms with Gasteiger partial charge in [-0.1, -0.05) is 12.1 Å². The first-order chi connectivity index (χ1) is 5.99. The summed E-state index contributed by atoms with van der Waals surface area (Å²) in [7, 11) is 0. The van der Waals surface area contributed by atoms with Gasteiger partial charge in [0.25, 0.3) is 0 Å². The van der Waals surface area contributed by atoms with Gasteiger partial charge in [0.05, 0.1) is 0 Å². The summed E-state index contributed by atoms with van der Waals surface area (Å²) in [5.74, 6) is 0.222. The molecular weight excluding hydrogens is 181 g/mol. The van der Waals surface area contributed by atoms with E-state index in [0.29, 0.717) is 5.56 Å². The molecule has 0 aliphatic heterocycles. The van der Waals surface area contributed by atoms with E-state index in [1.54, 1.807) is 19.1 Å². The molecule has 0 aromatic heterocycles. The SMILES string of the molecule is Cc1[c]cccc1OCC(F)(F)F. The number of hydrogen-bond donors (Lipinski definition) is 0. The van der Waals surface area contributed by atoms with Crippen molar-refractivity contribution in [3.05, 3.63) is 29.8 Å². The summed E-state index contributed by atoms with van der Waals surface area (Å²) in [4.78, 5) is 0. The fraction of sp³-hybridized carbons (Fsp3) is 0.333. The smallest absolute Gasteiger partial charge is 0.422 e. The van der Waals surface area contributed by atoms with E-state index in [1.165, 1.54) is 6.07 Å². The maximum Gasteiger partial charge on any atom is 0.422 e. The minimum atomic E-state index is -4.29. The van der Waals surface area contributed by atoms with Gasteiger partial charge in [-0.15, -0.1) is 0 Å². The second-order valence-electron chi connectivity index (χ2n) is 2.56. The van der Waals surface area contributed by atoms with Crippen LogP contribution >= 0.6 is 0 Å². The molecule has 1 nitrogen and oxygen atoms in total. The Morgan fingerprint density at radius 1 is 1.46 bits per heavy atom. The van der Waals surface area contributed by atoms with Crippen molar-refractivity contribution < 1.29 is 17.9 Å². The molecule has 4 heteroatoms. The molecule has 1 rings (SSSR count). The molecule has 0 fully saturated rings. The highest BCUT2D eigenvalue weighted by Gasteiger charge is 2.28. The lowest BCUT2D eigenvalue weighted by molar-refractivity contribution is -0.153. The summed E-state index contributed by atoms with van der Waals surface area (Å²) >= 11 is 0. The standard InChI is InChI=1S/C9H8F3O/c1-7-4-2-3-5-8(7)13-6-9(10,11)12/h2-3,5H,6H2,1H3. The average molecular weight is 189 g/mol. The molecule has 0 atom stereocenters. The Bertz CT molecular complexity index is 280. The average Bonchev–Trinajstić information content (AvgIpc) is 2.01. The Morgan fingerprint density at radius 2 is 2.15 bits per heavy atom. The number of alkyl halides is 3. The molecule has 0 unspecified atom stereocenters. The van der Waals surface area contributed by atoms with Crippen LogP contribution in [0.5, 0.6) is 5.75 Å². The first-order valence-electron chi connectivity index (χ1n) is 3.66. The van der Waals surface area contributed by atoms with E-state index < -0.39 is 12.8 Å². The lowest BCUT2D eigenvalue weighted by Gasteiger charge is -2.10. The number of halogens is 3. The highest BCUT2D eigenvalue weighted by Crippen LogP contribution is 2.20. The second-order valence-corrected chi connectivity index (χ2v) is 2.56. The summed E-state index contributed by atoms with van der Waals surface area (Å²) in [6, 6.07) is 7.43. The molecule has 0 aliphatic carbocycles. The quantitative estimate of drug-likeness (QED) is 0.695. The molecule has 13 heavy (non-hydrogen) atoms. The molecular formula is C9H8F3O. The van der Waals surface area contributed by atoms with Crippen LogP contribution in [0.15, 0.2) is 18.2 Å². The van der Waals surface area contributed by atoms with Crippen molar-refractivity contribution in [1.29, 1.82) is 0 Å². The van der Waals surface area contributed by atoms with Crippen LogP contribution < -0.4 is 4.74 Å². The van der Waals surface area contributed by atoms with Crippen LogP contribution in [0.2, 0.25) is 0 Å². The van der Waals surface area contributed by atoms with E-state index in [4.69, 9.17) is 0 Å². The third-order valence-electron chi connectivity index (χ3n) is 1.40. The van der Waals surface area contributed by atoms with Crippen LogP contribution in [0, 0.1) is 13.0 Å². The van der Waals surface area contributed by atoms with Crippen molar-refractivity contribution in [1.82, 2.24) is 0 Å². The van der Waals surface area contributed by atoms with Gasteiger partial charge in [0, 0.05) is 0 Å². The van der Waals surface area contributed by atoms with Crippen molar-refractivity contribution in [3.8, 4) is 5.75 Å². The Hall–Kier alpha value is -1.19. The summed E-state index contributed by atoms with van der Waals surface area (Å²) in [5, 5.41) is 0. The Labute approximate surface area is 74.1 Å². The molecule has 71 valence electrons. The molecule has 0 saturated carbocycles. The van der Waals surface area contributed by atoms with Crippen LogP contribution in [-0.4, -0.2) is 12.8 Å². The number of aryl methyl sites for hydroxylation is 1. The maximum atomic E-state index is 11.7. The maximum absolute atomic E-state index is 11.7. The molecule has 1 aromatic carbocycles. The Morgan fingerprint density at radius 3 is 2.69 bits per heavy atom. The Balaban J connectivity index is 2.60. The summed E-state index contributed by atoms with van der Waals surface area (Å²) in [6.45, 7) is 0.386. The van der Waals surface area contributed by atoms with Gasteiger partial charge in [-0.3, -0.25) is 0 Å². The fourth-order valence-corrected chi connectivity index (χ4v) is 0.821. The van der Waals surface area contributed by atoms with Gasteiger partial charge in [-0.25, -0.2) is 0 Å². The molecule has 1 radical (unpaired) electrons. The van der Waals surface area contributed by atoms with Gasteiger partial charge in [-0.05, 0) is 24.6 Å². The summed E-state index contributed by atoms with van der Waals surface area (Å²) in [6.07, 6.45) is -4.29. The number of benzene rings is 1. The third-order valence-corrected chi connectivity index (χ3v) is 1.40. The Kier molecular flexibility index (Phi) is 2.80. The molecule has 0 bridgehead atoms. The van der Waals surface area contributed by atoms with Crippen LogP contribution in [-0.2, 0) is 0 Å². The summed E-state index contributed by atoms with van der Waals surface area (Å²) in [5.41, 5.74) is 0.576. The number of rotatable bonds is 2. The van der Waals surface area contributed by atoms with Crippen molar-refractivity contribution in [3.63, 3.8) is 0 Å². The van der Waals surface area contributed by atoms with Gasteiger partial charge >= 0.3 is 6.18 Å². The second kappa shape index (κ2) is 3.68. The molecule has 0 saturated heterocycles. The largest absolute Gasteiger partial charge is 0.484 e. The minimum absolute atomic E-state index is 0.222. The van der Waals surface area contributed by atoms with Gasteiger partial charge in [-0.2, -0.15) is 13.2 Å². The minimum Gasteiger partial charge on any atom is -0.484 e. The predicted molar refractivity (Wildman–Crippen MR) is 41.6 cm³/mol. The van der Waals surface area contributed by atoms with Crippen LogP contribution in [0.3, 0.4) is 0 Å². The van der Waals surface area contributed by atoms with E-state index in [0.717, 1.165) is 0 Å². The van der Waals surface area contributed by atoms with E-state index >= 15 is 0 Å². The number of ether oxygens (including phenoxy) is 1. The zero-order valence-corrected chi connectivity index (χ0v) is 6.98. The topological polar surface area (TPSA) is 9.23 Å². The van der Waals surface area contributed by atoms with E-state index in [-0.39, 0.29) is 5.75 Å². The highest BCUT2D eigenvalue weighted by atomic mass is 19.4. The van der Waals surface area contributed by atoms with Crippen LogP contribution in [0.4, 0.5) is 13.2 Å². The van der Waals surface area contributed by atoms with Gasteiger partial charge < -0.3 is 4.74 Å². The lowest BCUT2D eigenvalue weighted by Crippen LogP contribution is -2.19. The van der Waals surface area contributed by atoms with E-state index in [9.17, 15) is 13.2 Å². The van der Waals surface area contributed by atoms with E-state index in [1.807, 2.05) is 0 Å². The lowest BCUT2D eigenvalue weighted by atomic mass is 10.2. The van der Waals surface area contributed by atoms with Crippen LogP contribution in [0.25, 0.3) is 0 Å². The van der Waals surface area contributed by atoms with Gasteiger partial charge in [0.15, 0.2) is 6.61 Å². The van der Waals surface area contributed by atoms with Crippen molar-refractivity contribution >= 4 is 0 Å². The highest BCUT2D eigenvalue weighted by molar-refractivity contribution is 5.30. The molecule has 0 spiro atoms. The van der Waals surface area contributed by atoms with Crippen molar-refractivity contribution in [2.24, 2.45) is 0 Å². The van der Waals surface area contributed by atoms with Crippen LogP contribution in [0.1, 0.15) is 5.56 Å². The van der Waals surface area contributed by atoms with Crippen molar-refractivity contribution in [2.75, 3.05) is 6.61 Å². The van der Waals surface area contributed by atoms with Gasteiger partial charge in [0.2, 0.25) is 0 Å². The zero-order chi connectivity index (χ0) is 9.90. The molecule has 1 aromatic rings. The summed E-state index contributed by atoms with van der Waals surface area (Å²) < 4.78 is 39.8. The molecule has 0 heterocycles. The van der Waals surface area contributed by atoms with Gasteiger partial charge in [0.1, 0.15) is 5.75 Å². The third kappa shape index (κ3) is 3.36. The first-order valence-corrected chi connectivity index (χ1v) is 3.66. The molecule has 0 aliphatic rings.